The minimum Gasteiger partial charge on any atom is -0.516 e. The third-order valence-corrected chi connectivity index (χ3v) is 9.44. The molecule has 0 atom stereocenters. The third-order valence-electron chi connectivity index (χ3n) is 3.90. The average Bonchev–Trinajstić information content (AvgIpc) is 2.17. The van der Waals surface area contributed by atoms with E-state index < -0.39 is 14.4 Å². The van der Waals surface area contributed by atoms with Gasteiger partial charge in [-0.25, -0.2) is 0 Å². The van der Waals surface area contributed by atoms with Gasteiger partial charge in [-0.05, 0) is 25.9 Å². The molecule has 1 aliphatic heterocycles. The van der Waals surface area contributed by atoms with Crippen LogP contribution in [0.3, 0.4) is 0 Å². The van der Waals surface area contributed by atoms with Gasteiger partial charge in [0, 0.05) is 0 Å². The number of nitrogens with zero attached hydrogens (tertiary/aromatic N) is 1. The summed E-state index contributed by atoms with van der Waals surface area (Å²) in [5.74, 6) is 1.84. The fraction of sp³-hybridized carbons (Fsp3) is 1.00. The topological polar surface area (TPSA) is 3.24 Å². The summed E-state index contributed by atoms with van der Waals surface area (Å²) >= 11 is -0.984. The van der Waals surface area contributed by atoms with E-state index in [0.29, 0.717) is 0 Å². The molecule has 0 N–H and O–H groups in total. The standard InChI is InChI=1S/C5H10N.2C4H9.Al.Li.H/c1-2-4-6-5-3-1;2*1-4(2)3;;;/h1-5H2;2*4H,1H2,2-3H3;;;/q-1;;;;+1;. The summed E-state index contributed by atoms with van der Waals surface area (Å²) in [6.45, 7) is 12.5. The molecule has 16 heavy (non-hydrogen) atoms. The summed E-state index contributed by atoms with van der Waals surface area (Å²) in [6.07, 6.45) is 4.41. The van der Waals surface area contributed by atoms with Gasteiger partial charge in [0.05, 0.1) is 0 Å². The Morgan fingerprint density at radius 2 is 1.31 bits per heavy atom. The zero-order valence-corrected chi connectivity index (χ0v) is 13.7. The Balaban J connectivity index is 0.00000225. The van der Waals surface area contributed by atoms with Crippen molar-refractivity contribution in [2.24, 2.45) is 11.8 Å². The van der Waals surface area contributed by atoms with Gasteiger partial charge in [-0.1, -0.05) is 46.0 Å². The van der Waals surface area contributed by atoms with Crippen LogP contribution in [0, 0.1) is 11.8 Å². The minimum absolute atomic E-state index is 0. The van der Waals surface area contributed by atoms with E-state index >= 15 is 0 Å². The molecule has 0 aromatic heterocycles. The van der Waals surface area contributed by atoms with Crippen molar-refractivity contribution in [3.63, 3.8) is 0 Å². The molecule has 0 aromatic rings. The first kappa shape index (κ1) is 17.1. The molecule has 90 valence electrons. The van der Waals surface area contributed by atoms with Crippen molar-refractivity contribution in [1.82, 2.24) is 3.88 Å². The summed E-state index contributed by atoms with van der Waals surface area (Å²) in [4.78, 5) is 0. The summed E-state index contributed by atoms with van der Waals surface area (Å²) < 4.78 is 2.93. The SMILES string of the molecule is CC(C)[CH2][AlH-]([CH2]C(C)C)[N]1CCCCC1.[Li+]. The molecule has 0 aliphatic carbocycles. The van der Waals surface area contributed by atoms with Crippen molar-refractivity contribution < 1.29 is 18.9 Å². The molecule has 0 amide bonds. The van der Waals surface area contributed by atoms with Gasteiger partial charge in [0.25, 0.3) is 0 Å². The molecule has 1 saturated heterocycles. The van der Waals surface area contributed by atoms with Crippen molar-refractivity contribution in [1.29, 1.82) is 0 Å². The zero-order valence-electron chi connectivity index (χ0n) is 12.3. The first-order valence-corrected chi connectivity index (χ1v) is 9.71. The fourth-order valence-electron chi connectivity index (χ4n) is 3.22. The maximum absolute atomic E-state index is 2.93. The van der Waals surface area contributed by atoms with Crippen molar-refractivity contribution in [3.05, 3.63) is 0 Å². The van der Waals surface area contributed by atoms with E-state index in [4.69, 9.17) is 0 Å². The van der Waals surface area contributed by atoms with Crippen molar-refractivity contribution in [2.45, 2.75) is 57.5 Å². The van der Waals surface area contributed by atoms with Gasteiger partial charge in [0.15, 0.2) is 0 Å². The van der Waals surface area contributed by atoms with Crippen LogP contribution in [0.4, 0.5) is 0 Å². The molecule has 1 fully saturated rings. The maximum Gasteiger partial charge on any atom is 1.00 e. The molecule has 0 bridgehead atoms. The maximum atomic E-state index is 2.93. The van der Waals surface area contributed by atoms with Gasteiger partial charge in [0.1, 0.15) is 0 Å². The van der Waals surface area contributed by atoms with E-state index in [-0.39, 0.29) is 18.9 Å². The van der Waals surface area contributed by atoms with E-state index in [2.05, 4.69) is 31.6 Å². The van der Waals surface area contributed by atoms with Crippen LogP contribution in [0.15, 0.2) is 0 Å². The van der Waals surface area contributed by atoms with Gasteiger partial charge in [0.2, 0.25) is 14.4 Å². The normalized spacial score (nSPS) is 18.2. The van der Waals surface area contributed by atoms with Crippen LogP contribution in [0.2, 0.25) is 10.6 Å². The molecular weight excluding hydrogens is 204 g/mol. The van der Waals surface area contributed by atoms with Crippen LogP contribution in [0.25, 0.3) is 0 Å². The van der Waals surface area contributed by atoms with Crippen molar-refractivity contribution in [2.75, 3.05) is 13.1 Å². The molecule has 1 heterocycles. The number of piperidine rings is 1. The zero-order chi connectivity index (χ0) is 11.3. The Morgan fingerprint density at radius 3 is 1.69 bits per heavy atom. The first-order chi connectivity index (χ1) is 7.09. The van der Waals surface area contributed by atoms with Gasteiger partial charge in [-0.15, -0.1) is 0 Å². The monoisotopic (exact) mass is 233 g/mol. The summed E-state index contributed by atoms with van der Waals surface area (Å²) in [5, 5.41) is 3.13. The van der Waals surface area contributed by atoms with E-state index in [9.17, 15) is 0 Å². The second kappa shape index (κ2) is 9.08. The molecule has 1 aliphatic rings. The van der Waals surface area contributed by atoms with Crippen LogP contribution in [-0.4, -0.2) is 31.3 Å². The Labute approximate surface area is 119 Å². The predicted octanol–water partition coefficient (Wildman–Crippen LogP) is 0.512. The van der Waals surface area contributed by atoms with E-state index in [1.54, 1.807) is 10.6 Å². The largest absolute Gasteiger partial charge is 1.00 e. The second-order valence-electron chi connectivity index (χ2n) is 6.34. The molecule has 0 spiro atoms. The van der Waals surface area contributed by atoms with Crippen LogP contribution in [-0.2, 0) is 0 Å². The number of hydrogen-bond acceptors (Lipinski definition) is 1. The first-order valence-electron chi connectivity index (χ1n) is 7.07. The predicted molar refractivity (Wildman–Crippen MR) is 71.9 cm³/mol. The third kappa shape index (κ3) is 6.74. The smallest absolute Gasteiger partial charge is 0.516 e. The Bertz CT molecular complexity index is 157. The minimum atomic E-state index is -0.984. The Hall–Kier alpha value is 1.09. The van der Waals surface area contributed by atoms with E-state index in [0.717, 1.165) is 11.8 Å². The Morgan fingerprint density at radius 1 is 0.875 bits per heavy atom. The van der Waals surface area contributed by atoms with Gasteiger partial charge >= 0.3 is 18.9 Å². The van der Waals surface area contributed by atoms with E-state index in [1.807, 2.05) is 0 Å². The summed E-state index contributed by atoms with van der Waals surface area (Å²) in [6, 6.07) is 0. The van der Waals surface area contributed by atoms with Crippen LogP contribution in [0.5, 0.6) is 0 Å². The summed E-state index contributed by atoms with van der Waals surface area (Å²) in [5.41, 5.74) is 0. The van der Waals surface area contributed by atoms with Crippen LogP contribution >= 0.6 is 0 Å². The molecule has 3 heteroatoms. The molecule has 0 saturated carbocycles. The Kier molecular flexibility index (Phi) is 9.70. The van der Waals surface area contributed by atoms with Gasteiger partial charge in [-0.3, -0.25) is 0 Å². The number of rotatable bonds is 5. The van der Waals surface area contributed by atoms with Crippen molar-refractivity contribution >= 4 is 14.4 Å². The molecule has 0 unspecified atom stereocenters. The molecule has 1 rings (SSSR count). The van der Waals surface area contributed by atoms with Crippen LogP contribution in [0.1, 0.15) is 47.0 Å². The summed E-state index contributed by atoms with van der Waals surface area (Å²) in [7, 11) is 0. The van der Waals surface area contributed by atoms with Crippen LogP contribution < -0.4 is 18.9 Å². The fourth-order valence-corrected chi connectivity index (χ4v) is 8.20. The van der Waals surface area contributed by atoms with Gasteiger partial charge in [-0.2, -0.15) is 10.6 Å². The quantitative estimate of drug-likeness (QED) is 0.626. The second-order valence-corrected chi connectivity index (χ2v) is 10.00. The molecule has 0 radical (unpaired) electrons. The molecule has 0 aromatic carbocycles. The van der Waals surface area contributed by atoms with E-state index in [1.165, 1.54) is 32.4 Å². The molecule has 1 nitrogen and oxygen atoms in total. The molecular formula is C13H29AlLiN. The van der Waals surface area contributed by atoms with Crippen molar-refractivity contribution in [3.8, 4) is 0 Å². The van der Waals surface area contributed by atoms with Gasteiger partial charge < -0.3 is 3.88 Å². The number of hydrogen-bond donors (Lipinski definition) is 0. The average molecular weight is 233 g/mol.